The number of carboxylic acids is 1. The van der Waals surface area contributed by atoms with Crippen LogP contribution in [0.4, 0.5) is 0 Å². The Hall–Kier alpha value is -0.0900. The standard InChI is InChI=1S/C11H11Cl3O2S/c1-5(2)10(11(15)16)17-9-4-7(13)6(12)3-8(9)14/h3-5,10H,1-2H3,(H,15,16)/t10-/m1/s1. The maximum Gasteiger partial charge on any atom is 0.317 e. The Kier molecular flexibility index (Phi) is 5.45. The Morgan fingerprint density at radius 1 is 1.18 bits per heavy atom. The smallest absolute Gasteiger partial charge is 0.317 e. The fourth-order valence-electron chi connectivity index (χ4n) is 1.20. The van der Waals surface area contributed by atoms with Gasteiger partial charge in [0.2, 0.25) is 0 Å². The second-order valence-electron chi connectivity index (χ2n) is 3.82. The number of rotatable bonds is 4. The summed E-state index contributed by atoms with van der Waals surface area (Å²) >= 11 is 18.9. The van der Waals surface area contributed by atoms with Crippen LogP contribution < -0.4 is 0 Å². The van der Waals surface area contributed by atoms with Gasteiger partial charge in [-0.3, -0.25) is 4.79 Å². The highest BCUT2D eigenvalue weighted by Crippen LogP contribution is 2.38. The second kappa shape index (κ2) is 6.19. The van der Waals surface area contributed by atoms with Crippen LogP contribution >= 0.6 is 46.6 Å². The summed E-state index contributed by atoms with van der Waals surface area (Å²) < 4.78 is 0. The minimum absolute atomic E-state index is 0.0111. The summed E-state index contributed by atoms with van der Waals surface area (Å²) in [4.78, 5) is 11.7. The minimum Gasteiger partial charge on any atom is -0.480 e. The molecular weight excluding hydrogens is 303 g/mol. The molecule has 0 saturated carbocycles. The maximum atomic E-state index is 11.1. The van der Waals surface area contributed by atoms with E-state index in [0.717, 1.165) is 0 Å². The Morgan fingerprint density at radius 2 is 1.71 bits per heavy atom. The molecule has 0 amide bonds. The van der Waals surface area contributed by atoms with Gasteiger partial charge in [0.1, 0.15) is 5.25 Å². The highest BCUT2D eigenvalue weighted by molar-refractivity contribution is 8.00. The van der Waals surface area contributed by atoms with Gasteiger partial charge in [-0.25, -0.2) is 0 Å². The van der Waals surface area contributed by atoms with Crippen molar-refractivity contribution in [2.45, 2.75) is 24.0 Å². The Balaban J connectivity index is 3.01. The molecule has 94 valence electrons. The molecule has 0 radical (unpaired) electrons. The lowest BCUT2D eigenvalue weighted by molar-refractivity contribution is -0.137. The lowest BCUT2D eigenvalue weighted by Gasteiger charge is -2.16. The monoisotopic (exact) mass is 312 g/mol. The van der Waals surface area contributed by atoms with Crippen LogP contribution in [0.5, 0.6) is 0 Å². The van der Waals surface area contributed by atoms with Crippen LogP contribution in [-0.2, 0) is 4.79 Å². The molecular formula is C11H11Cl3O2S. The van der Waals surface area contributed by atoms with Gasteiger partial charge >= 0.3 is 5.97 Å². The van der Waals surface area contributed by atoms with Crippen LogP contribution in [0.1, 0.15) is 13.8 Å². The zero-order valence-electron chi connectivity index (χ0n) is 9.21. The zero-order chi connectivity index (χ0) is 13.2. The van der Waals surface area contributed by atoms with Crippen LogP contribution in [0.15, 0.2) is 17.0 Å². The molecule has 0 aliphatic rings. The normalized spacial score (nSPS) is 12.8. The van der Waals surface area contributed by atoms with E-state index in [2.05, 4.69) is 0 Å². The van der Waals surface area contributed by atoms with Gasteiger partial charge in [0.15, 0.2) is 0 Å². The molecule has 0 spiro atoms. The molecule has 1 rings (SSSR count). The van der Waals surface area contributed by atoms with Crippen LogP contribution in [0.25, 0.3) is 0 Å². The van der Waals surface area contributed by atoms with Crippen molar-refractivity contribution in [3.8, 4) is 0 Å². The van der Waals surface area contributed by atoms with Crippen molar-refractivity contribution in [1.82, 2.24) is 0 Å². The number of hydrogen-bond acceptors (Lipinski definition) is 2. The van der Waals surface area contributed by atoms with Gasteiger partial charge in [-0.05, 0) is 18.1 Å². The summed E-state index contributed by atoms with van der Waals surface area (Å²) in [5.41, 5.74) is 0. The van der Waals surface area contributed by atoms with E-state index >= 15 is 0 Å². The molecule has 0 aliphatic carbocycles. The third-order valence-corrected chi connectivity index (χ3v) is 4.82. The van der Waals surface area contributed by atoms with Crippen LogP contribution in [-0.4, -0.2) is 16.3 Å². The lowest BCUT2D eigenvalue weighted by Crippen LogP contribution is -2.22. The lowest BCUT2D eigenvalue weighted by atomic mass is 10.1. The van der Waals surface area contributed by atoms with E-state index in [-0.39, 0.29) is 5.92 Å². The first-order chi connectivity index (χ1) is 7.82. The van der Waals surface area contributed by atoms with Gasteiger partial charge in [-0.2, -0.15) is 0 Å². The Labute approximate surface area is 119 Å². The number of halogens is 3. The van der Waals surface area contributed by atoms with Gasteiger partial charge in [0, 0.05) is 4.90 Å². The molecule has 2 nitrogen and oxygen atoms in total. The molecule has 0 bridgehead atoms. The van der Waals surface area contributed by atoms with Crippen LogP contribution in [0.2, 0.25) is 15.1 Å². The average Bonchev–Trinajstić information content (AvgIpc) is 2.20. The molecule has 1 atom stereocenters. The fourth-order valence-corrected chi connectivity index (χ4v) is 2.95. The third kappa shape index (κ3) is 3.95. The summed E-state index contributed by atoms with van der Waals surface area (Å²) in [5, 5.41) is 9.67. The quantitative estimate of drug-likeness (QED) is 0.638. The topological polar surface area (TPSA) is 37.3 Å². The number of aliphatic carboxylic acids is 1. The van der Waals surface area contributed by atoms with Crippen LogP contribution in [0.3, 0.4) is 0 Å². The molecule has 0 aromatic heterocycles. The number of hydrogen-bond donors (Lipinski definition) is 1. The average molecular weight is 314 g/mol. The van der Waals surface area contributed by atoms with Gasteiger partial charge in [0.05, 0.1) is 15.1 Å². The summed E-state index contributed by atoms with van der Waals surface area (Å²) in [6, 6.07) is 3.11. The van der Waals surface area contributed by atoms with Crippen molar-refractivity contribution in [3.05, 3.63) is 27.2 Å². The first-order valence-electron chi connectivity index (χ1n) is 4.87. The molecule has 1 N–H and O–H groups in total. The maximum absolute atomic E-state index is 11.1. The number of benzene rings is 1. The SMILES string of the molecule is CC(C)[C@@H](Sc1cc(Cl)c(Cl)cc1Cl)C(=O)O. The van der Waals surface area contributed by atoms with Gasteiger partial charge in [-0.15, -0.1) is 11.8 Å². The van der Waals surface area contributed by atoms with Crippen LogP contribution in [0, 0.1) is 5.92 Å². The van der Waals surface area contributed by atoms with Crippen molar-refractivity contribution in [1.29, 1.82) is 0 Å². The van der Waals surface area contributed by atoms with Crippen molar-refractivity contribution < 1.29 is 9.90 Å². The largest absolute Gasteiger partial charge is 0.480 e. The van der Waals surface area contributed by atoms with Gasteiger partial charge in [-0.1, -0.05) is 48.7 Å². The third-order valence-electron chi connectivity index (χ3n) is 2.08. The molecule has 0 fully saturated rings. The van der Waals surface area contributed by atoms with E-state index in [1.54, 1.807) is 6.07 Å². The molecule has 17 heavy (non-hydrogen) atoms. The summed E-state index contributed by atoms with van der Waals surface area (Å²) in [6.07, 6.45) is 0. The number of carboxylic acid groups (broad SMARTS) is 1. The van der Waals surface area contributed by atoms with Crippen molar-refractivity contribution in [3.63, 3.8) is 0 Å². The highest BCUT2D eigenvalue weighted by atomic mass is 35.5. The van der Waals surface area contributed by atoms with E-state index in [9.17, 15) is 4.79 Å². The molecule has 0 heterocycles. The van der Waals surface area contributed by atoms with Crippen molar-refractivity contribution >= 4 is 52.5 Å². The van der Waals surface area contributed by atoms with E-state index in [0.29, 0.717) is 20.0 Å². The second-order valence-corrected chi connectivity index (χ2v) is 6.22. The predicted octanol–water partition coefficient (Wildman–Crippen LogP) is 4.85. The zero-order valence-corrected chi connectivity index (χ0v) is 12.3. The van der Waals surface area contributed by atoms with E-state index in [4.69, 9.17) is 39.9 Å². The highest BCUT2D eigenvalue weighted by Gasteiger charge is 2.24. The van der Waals surface area contributed by atoms with E-state index in [1.807, 2.05) is 13.8 Å². The number of carbonyl (C=O) groups is 1. The van der Waals surface area contributed by atoms with E-state index < -0.39 is 11.2 Å². The van der Waals surface area contributed by atoms with Crippen molar-refractivity contribution in [2.75, 3.05) is 0 Å². The molecule has 1 aromatic rings. The first-order valence-corrected chi connectivity index (χ1v) is 6.88. The summed E-state index contributed by atoms with van der Waals surface area (Å²) in [6.45, 7) is 3.69. The molecule has 0 unspecified atom stereocenters. The van der Waals surface area contributed by atoms with E-state index in [1.165, 1.54) is 17.8 Å². The number of thioether (sulfide) groups is 1. The Morgan fingerprint density at radius 3 is 2.18 bits per heavy atom. The molecule has 0 saturated heterocycles. The summed E-state index contributed by atoms with van der Waals surface area (Å²) in [7, 11) is 0. The Bertz CT molecular complexity index is 435. The van der Waals surface area contributed by atoms with Crippen molar-refractivity contribution in [2.24, 2.45) is 5.92 Å². The molecule has 1 aromatic carbocycles. The fraction of sp³-hybridized carbons (Fsp3) is 0.364. The van der Waals surface area contributed by atoms with Gasteiger partial charge < -0.3 is 5.11 Å². The molecule has 6 heteroatoms. The predicted molar refractivity (Wildman–Crippen MR) is 73.6 cm³/mol. The first kappa shape index (κ1) is 15.0. The summed E-state index contributed by atoms with van der Waals surface area (Å²) in [5.74, 6) is -0.879. The molecule has 0 aliphatic heterocycles. The minimum atomic E-state index is -0.868. The van der Waals surface area contributed by atoms with Gasteiger partial charge in [0.25, 0.3) is 0 Å².